The molecule has 7 heteroatoms. The van der Waals surface area contributed by atoms with Crippen LogP contribution in [0.3, 0.4) is 0 Å². The van der Waals surface area contributed by atoms with Gasteiger partial charge in [0.1, 0.15) is 5.76 Å². The first-order chi connectivity index (χ1) is 10.5. The fraction of sp³-hybridized carbons (Fsp3) is 0.467. The number of furan rings is 1. The summed E-state index contributed by atoms with van der Waals surface area (Å²) in [7, 11) is 3.88. The molecule has 0 aliphatic rings. The number of carbonyl (C=O) groups excluding carboxylic acids is 1. The third-order valence-corrected chi connectivity index (χ3v) is 4.41. The molecule has 0 bridgehead atoms. The number of amides is 1. The topological polar surface area (TPSA) is 67.5 Å². The third-order valence-electron chi connectivity index (χ3n) is 3.53. The van der Waals surface area contributed by atoms with Gasteiger partial charge < -0.3 is 14.3 Å². The Labute approximate surface area is 133 Å². The average Bonchev–Trinajstić information content (AvgIpc) is 3.08. The molecule has 0 aliphatic heterocycles. The predicted molar refractivity (Wildman–Crippen MR) is 86.1 cm³/mol. The first kappa shape index (κ1) is 16.5. The smallest absolute Gasteiger partial charge is 0.307 e. The van der Waals surface area contributed by atoms with Crippen molar-refractivity contribution in [2.75, 3.05) is 20.6 Å². The number of rotatable bonds is 7. The van der Waals surface area contributed by atoms with Crippen LogP contribution in [-0.4, -0.2) is 36.0 Å². The van der Waals surface area contributed by atoms with Crippen molar-refractivity contribution in [3.05, 3.63) is 44.9 Å². The van der Waals surface area contributed by atoms with Crippen LogP contribution in [0.5, 0.6) is 0 Å². The molecule has 2 aromatic rings. The second-order valence-corrected chi connectivity index (χ2v) is 6.16. The van der Waals surface area contributed by atoms with Crippen molar-refractivity contribution >= 4 is 17.2 Å². The molecule has 0 saturated heterocycles. The van der Waals surface area contributed by atoms with E-state index in [2.05, 4.69) is 5.32 Å². The van der Waals surface area contributed by atoms with E-state index in [1.165, 1.54) is 0 Å². The minimum Gasteiger partial charge on any atom is -0.468 e. The van der Waals surface area contributed by atoms with E-state index >= 15 is 0 Å². The highest BCUT2D eigenvalue weighted by molar-refractivity contribution is 7.07. The monoisotopic (exact) mass is 323 g/mol. The largest absolute Gasteiger partial charge is 0.468 e. The number of aromatic nitrogens is 1. The van der Waals surface area contributed by atoms with Gasteiger partial charge in [-0.1, -0.05) is 11.3 Å². The van der Waals surface area contributed by atoms with Crippen LogP contribution >= 0.6 is 11.3 Å². The zero-order valence-electron chi connectivity index (χ0n) is 13.0. The fourth-order valence-electron chi connectivity index (χ4n) is 2.21. The Morgan fingerprint density at radius 3 is 2.82 bits per heavy atom. The van der Waals surface area contributed by atoms with Crippen molar-refractivity contribution in [1.82, 2.24) is 14.8 Å². The zero-order chi connectivity index (χ0) is 16.1. The van der Waals surface area contributed by atoms with Crippen molar-refractivity contribution in [2.45, 2.75) is 25.9 Å². The fourth-order valence-corrected chi connectivity index (χ4v) is 2.97. The third kappa shape index (κ3) is 4.08. The molecule has 0 radical (unpaired) electrons. The first-order valence-corrected chi connectivity index (χ1v) is 7.98. The molecule has 2 aromatic heterocycles. The molecular weight excluding hydrogens is 302 g/mol. The summed E-state index contributed by atoms with van der Waals surface area (Å²) in [5.41, 5.74) is 0.893. The first-order valence-electron chi connectivity index (χ1n) is 7.10. The van der Waals surface area contributed by atoms with E-state index in [-0.39, 0.29) is 23.2 Å². The van der Waals surface area contributed by atoms with E-state index in [9.17, 15) is 9.59 Å². The number of carbonyl (C=O) groups is 1. The van der Waals surface area contributed by atoms with Crippen molar-refractivity contribution in [2.24, 2.45) is 0 Å². The van der Waals surface area contributed by atoms with Gasteiger partial charge in [0.15, 0.2) is 0 Å². The average molecular weight is 323 g/mol. The second-order valence-electron chi connectivity index (χ2n) is 5.34. The molecule has 2 heterocycles. The Bertz CT molecular complexity index is 658. The number of hydrogen-bond donors (Lipinski definition) is 1. The van der Waals surface area contributed by atoms with Gasteiger partial charge in [-0.15, -0.1) is 0 Å². The Hall–Kier alpha value is -1.86. The van der Waals surface area contributed by atoms with E-state index in [1.54, 1.807) is 16.2 Å². The SMILES string of the molecule is Cc1csc(=O)n1CCC(=O)NC[C@H](c1ccco1)N(C)C. The molecule has 0 spiro atoms. The van der Waals surface area contributed by atoms with Crippen LogP contribution in [0.1, 0.15) is 23.9 Å². The molecule has 0 saturated carbocycles. The Morgan fingerprint density at radius 2 is 2.27 bits per heavy atom. The number of aryl methyl sites for hydroxylation is 1. The highest BCUT2D eigenvalue weighted by Crippen LogP contribution is 2.17. The van der Waals surface area contributed by atoms with Gasteiger partial charge in [-0.05, 0) is 33.2 Å². The van der Waals surface area contributed by atoms with E-state index in [1.807, 2.05) is 38.1 Å². The van der Waals surface area contributed by atoms with Crippen LogP contribution in [0.15, 0.2) is 33.0 Å². The molecule has 0 aromatic carbocycles. The summed E-state index contributed by atoms with van der Waals surface area (Å²) in [4.78, 5) is 25.6. The lowest BCUT2D eigenvalue weighted by molar-refractivity contribution is -0.121. The summed E-state index contributed by atoms with van der Waals surface area (Å²) in [6.07, 6.45) is 1.91. The minimum atomic E-state index is -0.0732. The van der Waals surface area contributed by atoms with Crippen LogP contribution in [0.4, 0.5) is 0 Å². The molecule has 0 unspecified atom stereocenters. The maximum atomic E-state index is 12.0. The molecule has 22 heavy (non-hydrogen) atoms. The maximum Gasteiger partial charge on any atom is 0.307 e. The van der Waals surface area contributed by atoms with Crippen LogP contribution in [-0.2, 0) is 11.3 Å². The Morgan fingerprint density at radius 1 is 1.50 bits per heavy atom. The predicted octanol–water partition coefficient (Wildman–Crippen LogP) is 1.62. The highest BCUT2D eigenvalue weighted by atomic mass is 32.1. The molecule has 1 amide bonds. The lowest BCUT2D eigenvalue weighted by atomic mass is 10.2. The van der Waals surface area contributed by atoms with Crippen molar-refractivity contribution in [3.63, 3.8) is 0 Å². The molecule has 0 aliphatic carbocycles. The summed E-state index contributed by atoms with van der Waals surface area (Å²) >= 11 is 1.16. The molecule has 0 fully saturated rings. The summed E-state index contributed by atoms with van der Waals surface area (Å²) < 4.78 is 7.03. The van der Waals surface area contributed by atoms with Gasteiger partial charge in [0, 0.05) is 30.6 Å². The van der Waals surface area contributed by atoms with Gasteiger partial charge in [0.2, 0.25) is 5.91 Å². The minimum absolute atomic E-state index is 0.00967. The lowest BCUT2D eigenvalue weighted by Crippen LogP contribution is -2.35. The number of likely N-dealkylation sites (N-methyl/N-ethyl adjacent to an activating group) is 1. The normalized spacial score (nSPS) is 12.5. The van der Waals surface area contributed by atoms with E-state index in [0.29, 0.717) is 13.1 Å². The Balaban J connectivity index is 1.85. The number of nitrogens with zero attached hydrogens (tertiary/aromatic N) is 2. The second kappa shape index (κ2) is 7.42. The van der Waals surface area contributed by atoms with E-state index < -0.39 is 0 Å². The van der Waals surface area contributed by atoms with Gasteiger partial charge in [-0.2, -0.15) is 0 Å². The molecule has 1 atom stereocenters. The van der Waals surface area contributed by atoms with Gasteiger partial charge in [0.25, 0.3) is 0 Å². The zero-order valence-corrected chi connectivity index (χ0v) is 13.9. The van der Waals surface area contributed by atoms with Crippen molar-refractivity contribution < 1.29 is 9.21 Å². The van der Waals surface area contributed by atoms with Crippen LogP contribution in [0.2, 0.25) is 0 Å². The number of nitrogens with one attached hydrogen (secondary N) is 1. The maximum absolute atomic E-state index is 12.0. The van der Waals surface area contributed by atoms with Crippen molar-refractivity contribution in [1.29, 1.82) is 0 Å². The molecular formula is C15H21N3O3S. The summed E-state index contributed by atoms with van der Waals surface area (Å²) in [5.74, 6) is 0.742. The van der Waals surface area contributed by atoms with Crippen molar-refractivity contribution in [3.8, 4) is 0 Å². The van der Waals surface area contributed by atoms with Crippen LogP contribution < -0.4 is 10.2 Å². The van der Waals surface area contributed by atoms with Crippen LogP contribution in [0.25, 0.3) is 0 Å². The molecule has 1 N–H and O–H groups in total. The molecule has 2 rings (SSSR count). The Kier molecular flexibility index (Phi) is 5.57. The van der Waals surface area contributed by atoms with Gasteiger partial charge in [0.05, 0.1) is 12.3 Å². The van der Waals surface area contributed by atoms with Gasteiger partial charge in [-0.25, -0.2) is 0 Å². The number of thiazole rings is 1. The van der Waals surface area contributed by atoms with E-state index in [4.69, 9.17) is 4.42 Å². The van der Waals surface area contributed by atoms with Gasteiger partial charge >= 0.3 is 4.87 Å². The number of hydrogen-bond acceptors (Lipinski definition) is 5. The summed E-state index contributed by atoms with van der Waals surface area (Å²) in [6, 6.07) is 3.72. The summed E-state index contributed by atoms with van der Waals surface area (Å²) in [6.45, 7) is 2.75. The quantitative estimate of drug-likeness (QED) is 0.841. The summed E-state index contributed by atoms with van der Waals surface area (Å²) in [5, 5.41) is 4.71. The molecule has 120 valence electrons. The highest BCUT2D eigenvalue weighted by Gasteiger charge is 2.17. The van der Waals surface area contributed by atoms with Gasteiger partial charge in [-0.3, -0.25) is 14.5 Å². The lowest BCUT2D eigenvalue weighted by Gasteiger charge is -2.22. The van der Waals surface area contributed by atoms with E-state index in [0.717, 1.165) is 22.8 Å². The molecule has 6 nitrogen and oxygen atoms in total. The van der Waals surface area contributed by atoms with Crippen LogP contribution in [0, 0.1) is 6.92 Å². The standard InChI is InChI=1S/C15H21N3O3S/c1-11-10-22-15(20)18(11)7-6-14(19)16-9-12(17(2)3)13-5-4-8-21-13/h4-5,8,10,12H,6-7,9H2,1-3H3,(H,16,19)/t12-/m1/s1.